The molecule has 138 valence electrons. The molecule has 0 aliphatic carbocycles. The van der Waals surface area contributed by atoms with Gasteiger partial charge in [-0.2, -0.15) is 0 Å². The van der Waals surface area contributed by atoms with Crippen LogP contribution >= 0.6 is 35.6 Å². The third-order valence-electron chi connectivity index (χ3n) is 3.81. The lowest BCUT2D eigenvalue weighted by atomic mass is 10.2. The molecule has 7 heteroatoms. The summed E-state index contributed by atoms with van der Waals surface area (Å²) in [5.74, 6) is 0.0470. The molecule has 2 aromatic carbocycles. The Bertz CT molecular complexity index is 908. The van der Waals surface area contributed by atoms with Crippen LogP contribution in [-0.2, 0) is 11.4 Å². The number of rotatable bonds is 6. The third-order valence-corrected chi connectivity index (χ3v) is 5.54. The molecular formula is C20H15ClFNO2S2. The molecule has 27 heavy (non-hydrogen) atoms. The van der Waals surface area contributed by atoms with Gasteiger partial charge in [0.1, 0.15) is 22.5 Å². The molecule has 1 aliphatic heterocycles. The molecule has 0 saturated carbocycles. The second-order valence-electron chi connectivity index (χ2n) is 5.64. The van der Waals surface area contributed by atoms with Crippen molar-refractivity contribution in [2.24, 2.45) is 0 Å². The van der Waals surface area contributed by atoms with Crippen LogP contribution in [0.15, 0.2) is 60.0 Å². The summed E-state index contributed by atoms with van der Waals surface area (Å²) in [6.45, 7) is 4.06. The molecule has 0 N–H and O–H groups in total. The summed E-state index contributed by atoms with van der Waals surface area (Å²) < 4.78 is 19.9. The van der Waals surface area contributed by atoms with E-state index >= 15 is 0 Å². The van der Waals surface area contributed by atoms with Crippen LogP contribution < -0.4 is 4.74 Å². The predicted octanol–water partition coefficient (Wildman–Crippen LogP) is 5.45. The molecule has 0 spiro atoms. The van der Waals surface area contributed by atoms with Crippen molar-refractivity contribution in [2.75, 3.05) is 6.54 Å². The number of carbonyl (C=O) groups is 1. The maximum atomic E-state index is 13.8. The number of ether oxygens (including phenoxy) is 1. The van der Waals surface area contributed by atoms with Crippen molar-refractivity contribution in [2.45, 2.75) is 6.61 Å². The van der Waals surface area contributed by atoms with E-state index in [-0.39, 0.29) is 12.5 Å². The molecule has 0 atom stereocenters. The highest BCUT2D eigenvalue weighted by molar-refractivity contribution is 8.26. The molecule has 2 aromatic rings. The first-order valence-corrected chi connectivity index (χ1v) is 9.62. The van der Waals surface area contributed by atoms with E-state index in [9.17, 15) is 9.18 Å². The maximum Gasteiger partial charge on any atom is 0.266 e. The van der Waals surface area contributed by atoms with E-state index in [2.05, 4.69) is 6.58 Å². The number of hydrogen-bond donors (Lipinski definition) is 0. The van der Waals surface area contributed by atoms with Gasteiger partial charge in [0.25, 0.3) is 5.91 Å². The second kappa shape index (κ2) is 8.69. The largest absolute Gasteiger partial charge is 0.489 e. The zero-order chi connectivity index (χ0) is 19.4. The molecule has 0 bridgehead atoms. The molecule has 1 amide bonds. The number of halogens is 2. The lowest BCUT2D eigenvalue weighted by Gasteiger charge is -2.10. The predicted molar refractivity (Wildman–Crippen MR) is 112 cm³/mol. The maximum absolute atomic E-state index is 13.8. The fourth-order valence-electron chi connectivity index (χ4n) is 2.42. The first kappa shape index (κ1) is 19.6. The average molecular weight is 420 g/mol. The van der Waals surface area contributed by atoms with Gasteiger partial charge in [0.2, 0.25) is 0 Å². The van der Waals surface area contributed by atoms with Gasteiger partial charge in [0, 0.05) is 12.1 Å². The topological polar surface area (TPSA) is 29.5 Å². The summed E-state index contributed by atoms with van der Waals surface area (Å²) in [7, 11) is 0. The minimum absolute atomic E-state index is 0.0328. The van der Waals surface area contributed by atoms with Gasteiger partial charge in [-0.3, -0.25) is 9.69 Å². The van der Waals surface area contributed by atoms with Crippen LogP contribution in [0.4, 0.5) is 4.39 Å². The number of nitrogens with zero attached hydrogens (tertiary/aromatic N) is 1. The first-order valence-electron chi connectivity index (χ1n) is 8.01. The smallest absolute Gasteiger partial charge is 0.266 e. The summed E-state index contributed by atoms with van der Waals surface area (Å²) in [5, 5.41) is 0.327. The summed E-state index contributed by atoms with van der Waals surface area (Å²) in [4.78, 5) is 14.4. The van der Waals surface area contributed by atoms with E-state index in [1.807, 2.05) is 12.1 Å². The molecule has 3 nitrogen and oxygen atoms in total. The number of thioether (sulfide) groups is 1. The minimum atomic E-state index is -0.402. The van der Waals surface area contributed by atoms with Crippen LogP contribution in [0.1, 0.15) is 11.1 Å². The number of hydrogen-bond acceptors (Lipinski definition) is 4. The van der Waals surface area contributed by atoms with Gasteiger partial charge in [0.05, 0.1) is 9.93 Å². The molecule has 1 saturated heterocycles. The summed E-state index contributed by atoms with van der Waals surface area (Å²) in [6.07, 6.45) is 3.42. The molecule has 1 aliphatic rings. The minimum Gasteiger partial charge on any atom is -0.489 e. The lowest BCUT2D eigenvalue weighted by Crippen LogP contribution is -2.27. The highest BCUT2D eigenvalue weighted by Crippen LogP contribution is 2.32. The number of carbonyl (C=O) groups excluding carboxylic acids is 1. The number of thiocarbonyl (C=S) groups is 1. The Morgan fingerprint density at radius 1 is 1.26 bits per heavy atom. The van der Waals surface area contributed by atoms with Crippen molar-refractivity contribution in [3.8, 4) is 5.75 Å². The molecule has 0 radical (unpaired) electrons. The van der Waals surface area contributed by atoms with Crippen molar-refractivity contribution in [3.63, 3.8) is 0 Å². The van der Waals surface area contributed by atoms with Crippen LogP contribution in [-0.4, -0.2) is 21.7 Å². The van der Waals surface area contributed by atoms with Gasteiger partial charge >= 0.3 is 0 Å². The van der Waals surface area contributed by atoms with Crippen LogP contribution in [0.2, 0.25) is 5.02 Å². The van der Waals surface area contributed by atoms with Gasteiger partial charge in [-0.25, -0.2) is 4.39 Å². The van der Waals surface area contributed by atoms with E-state index in [0.717, 1.165) is 5.56 Å². The van der Waals surface area contributed by atoms with Gasteiger partial charge in [0.15, 0.2) is 0 Å². The number of amides is 1. The zero-order valence-corrected chi connectivity index (χ0v) is 16.5. The molecule has 1 fully saturated rings. The first-order chi connectivity index (χ1) is 13.0. The van der Waals surface area contributed by atoms with Gasteiger partial charge in [-0.1, -0.05) is 59.9 Å². The Morgan fingerprint density at radius 3 is 2.67 bits per heavy atom. The van der Waals surface area contributed by atoms with Gasteiger partial charge < -0.3 is 4.74 Å². The highest BCUT2D eigenvalue weighted by Gasteiger charge is 2.30. The van der Waals surface area contributed by atoms with Crippen molar-refractivity contribution < 1.29 is 13.9 Å². The molecular weight excluding hydrogens is 405 g/mol. The summed E-state index contributed by atoms with van der Waals surface area (Å²) >= 11 is 12.5. The van der Waals surface area contributed by atoms with Gasteiger partial charge in [-0.15, -0.1) is 6.58 Å². The average Bonchev–Trinajstić information content (AvgIpc) is 2.90. The van der Waals surface area contributed by atoms with E-state index < -0.39 is 5.82 Å². The van der Waals surface area contributed by atoms with E-state index in [4.69, 9.17) is 28.6 Å². The van der Waals surface area contributed by atoms with Crippen LogP contribution in [0, 0.1) is 5.82 Å². The van der Waals surface area contributed by atoms with E-state index in [1.54, 1.807) is 36.4 Å². The standard InChI is InChI=1S/C20H15ClFNO2S2/c1-2-10-23-19(24)18(27-20(23)26)11-13-6-8-14(9-7-13)25-12-15-16(21)4-3-5-17(15)22/h2-9,11H,1,10,12H2. The monoisotopic (exact) mass is 419 g/mol. The molecule has 0 unspecified atom stereocenters. The fraction of sp³-hybridized carbons (Fsp3) is 0.100. The SMILES string of the molecule is C=CCN1C(=O)C(=Cc2ccc(OCc3c(F)cccc3Cl)cc2)SC1=S. The summed E-state index contributed by atoms with van der Waals surface area (Å²) in [6, 6.07) is 11.7. The van der Waals surface area contributed by atoms with Crippen LogP contribution in [0.3, 0.4) is 0 Å². The van der Waals surface area contributed by atoms with Crippen LogP contribution in [0.25, 0.3) is 6.08 Å². The van der Waals surface area contributed by atoms with Crippen molar-refractivity contribution in [1.82, 2.24) is 4.90 Å². The Kier molecular flexibility index (Phi) is 6.31. The van der Waals surface area contributed by atoms with Crippen molar-refractivity contribution >= 4 is 51.9 Å². The quantitative estimate of drug-likeness (QED) is 0.354. The van der Waals surface area contributed by atoms with E-state index in [0.29, 0.717) is 32.1 Å². The Morgan fingerprint density at radius 2 is 2.00 bits per heavy atom. The van der Waals surface area contributed by atoms with Crippen molar-refractivity contribution in [3.05, 3.63) is 82.0 Å². The Labute approximate surface area is 171 Å². The number of benzene rings is 2. The van der Waals surface area contributed by atoms with E-state index in [1.165, 1.54) is 22.7 Å². The third kappa shape index (κ3) is 4.58. The molecule has 3 rings (SSSR count). The zero-order valence-electron chi connectivity index (χ0n) is 14.2. The Hall–Kier alpha value is -2.15. The van der Waals surface area contributed by atoms with Crippen LogP contribution in [0.5, 0.6) is 5.75 Å². The Balaban J connectivity index is 1.68. The normalized spacial score (nSPS) is 15.5. The lowest BCUT2D eigenvalue weighted by molar-refractivity contribution is -0.121. The van der Waals surface area contributed by atoms with Gasteiger partial charge in [-0.05, 0) is 35.9 Å². The fourth-order valence-corrected chi connectivity index (χ4v) is 3.92. The highest BCUT2D eigenvalue weighted by atomic mass is 35.5. The van der Waals surface area contributed by atoms with Crippen molar-refractivity contribution in [1.29, 1.82) is 0 Å². The second-order valence-corrected chi connectivity index (χ2v) is 7.72. The summed E-state index contributed by atoms with van der Waals surface area (Å²) in [5.41, 5.74) is 1.15. The molecule has 0 aromatic heterocycles. The molecule has 1 heterocycles.